The van der Waals surface area contributed by atoms with Crippen LogP contribution in [0.1, 0.15) is 23.3 Å². The van der Waals surface area contributed by atoms with E-state index in [1.807, 2.05) is 42.3 Å². The van der Waals surface area contributed by atoms with Crippen molar-refractivity contribution in [2.75, 3.05) is 25.0 Å². The smallest absolute Gasteiger partial charge is 0.274 e. The number of fused-ring (bicyclic) bond motifs is 1. The van der Waals surface area contributed by atoms with Crippen molar-refractivity contribution in [1.29, 1.82) is 0 Å². The third-order valence-corrected chi connectivity index (χ3v) is 5.05. The molecule has 0 N–H and O–H groups in total. The van der Waals surface area contributed by atoms with Gasteiger partial charge >= 0.3 is 0 Å². The third-order valence-electron chi connectivity index (χ3n) is 5.05. The van der Waals surface area contributed by atoms with E-state index in [1.54, 1.807) is 6.20 Å². The molecule has 1 amide bonds. The second kappa shape index (κ2) is 7.12. The summed E-state index contributed by atoms with van der Waals surface area (Å²) in [5, 5.41) is 0. The zero-order chi connectivity index (χ0) is 17.9. The first kappa shape index (κ1) is 16.5. The fourth-order valence-electron chi connectivity index (χ4n) is 3.55. The van der Waals surface area contributed by atoms with Crippen LogP contribution in [-0.4, -0.2) is 47.0 Å². The van der Waals surface area contributed by atoms with Crippen molar-refractivity contribution < 1.29 is 4.79 Å². The van der Waals surface area contributed by atoms with Crippen molar-refractivity contribution >= 4 is 22.6 Å². The Morgan fingerprint density at radius 2 is 1.81 bits per heavy atom. The molecule has 1 saturated heterocycles. The molecule has 0 bridgehead atoms. The summed E-state index contributed by atoms with van der Waals surface area (Å²) in [7, 11) is 1.87. The molecule has 5 heteroatoms. The molecule has 0 radical (unpaired) electrons. The lowest BCUT2D eigenvalue weighted by atomic mass is 10.0. The van der Waals surface area contributed by atoms with Crippen LogP contribution in [0.3, 0.4) is 0 Å². The molecule has 26 heavy (non-hydrogen) atoms. The first-order chi connectivity index (χ1) is 12.7. The normalized spacial score (nSPS) is 17.3. The van der Waals surface area contributed by atoms with E-state index >= 15 is 0 Å². The summed E-state index contributed by atoms with van der Waals surface area (Å²) in [6.45, 7) is 1.87. The number of piperidine rings is 1. The molecule has 0 aliphatic carbocycles. The SMILES string of the molecule is CN(C(=O)c1cnc2ccccc2n1)C1CCCN(c2ccccc2)C1. The Balaban J connectivity index is 1.52. The second-order valence-electron chi connectivity index (χ2n) is 6.74. The lowest BCUT2D eigenvalue weighted by Gasteiger charge is -2.38. The lowest BCUT2D eigenvalue weighted by molar-refractivity contribution is 0.0711. The molecule has 4 rings (SSSR count). The summed E-state index contributed by atoms with van der Waals surface area (Å²) in [6, 6.07) is 18.2. The minimum Gasteiger partial charge on any atom is -0.369 e. The molecule has 1 unspecified atom stereocenters. The zero-order valence-corrected chi connectivity index (χ0v) is 14.9. The van der Waals surface area contributed by atoms with Gasteiger partial charge in [-0.05, 0) is 37.1 Å². The Kier molecular flexibility index (Phi) is 4.52. The van der Waals surface area contributed by atoms with Crippen LogP contribution in [0.5, 0.6) is 0 Å². The first-order valence-electron chi connectivity index (χ1n) is 9.01. The van der Waals surface area contributed by atoms with E-state index in [9.17, 15) is 4.79 Å². The molecular formula is C21H22N4O. The Bertz CT molecular complexity index is 912. The van der Waals surface area contributed by atoms with Gasteiger partial charge in [-0.2, -0.15) is 0 Å². The predicted molar refractivity (Wildman–Crippen MR) is 103 cm³/mol. The Hall–Kier alpha value is -2.95. The van der Waals surface area contributed by atoms with Crippen molar-refractivity contribution in [2.45, 2.75) is 18.9 Å². The van der Waals surface area contributed by atoms with E-state index in [1.165, 1.54) is 5.69 Å². The number of anilines is 1. The molecule has 1 aromatic heterocycles. The average Bonchev–Trinajstić information content (AvgIpc) is 2.73. The molecule has 132 valence electrons. The summed E-state index contributed by atoms with van der Waals surface area (Å²) < 4.78 is 0. The van der Waals surface area contributed by atoms with Gasteiger partial charge in [0.2, 0.25) is 0 Å². The number of rotatable bonds is 3. The summed E-state index contributed by atoms with van der Waals surface area (Å²) in [5.41, 5.74) is 3.17. The zero-order valence-electron chi connectivity index (χ0n) is 14.9. The van der Waals surface area contributed by atoms with Gasteiger partial charge in [0, 0.05) is 31.9 Å². The maximum atomic E-state index is 12.9. The van der Waals surface area contributed by atoms with Crippen molar-refractivity contribution in [1.82, 2.24) is 14.9 Å². The van der Waals surface area contributed by atoms with E-state index in [4.69, 9.17) is 0 Å². The van der Waals surface area contributed by atoms with Crippen LogP contribution in [0.15, 0.2) is 60.8 Å². The fraction of sp³-hybridized carbons (Fsp3) is 0.286. The van der Waals surface area contributed by atoms with Crippen molar-refractivity contribution in [3.05, 3.63) is 66.5 Å². The summed E-state index contributed by atoms with van der Waals surface area (Å²) in [4.78, 5) is 26.0. The van der Waals surface area contributed by atoms with Gasteiger partial charge in [0.05, 0.1) is 17.2 Å². The lowest BCUT2D eigenvalue weighted by Crippen LogP contribution is -2.48. The molecule has 2 heterocycles. The molecule has 1 aliphatic heterocycles. The largest absolute Gasteiger partial charge is 0.369 e. The Labute approximate surface area is 153 Å². The highest BCUT2D eigenvalue weighted by Crippen LogP contribution is 2.22. The number of aromatic nitrogens is 2. The minimum absolute atomic E-state index is 0.0665. The topological polar surface area (TPSA) is 49.3 Å². The molecule has 1 fully saturated rings. The second-order valence-corrected chi connectivity index (χ2v) is 6.74. The highest BCUT2D eigenvalue weighted by atomic mass is 16.2. The highest BCUT2D eigenvalue weighted by Gasteiger charge is 2.27. The number of carbonyl (C=O) groups excluding carboxylic acids is 1. The number of hydrogen-bond acceptors (Lipinski definition) is 4. The van der Waals surface area contributed by atoms with Crippen LogP contribution >= 0.6 is 0 Å². The molecule has 5 nitrogen and oxygen atoms in total. The van der Waals surface area contributed by atoms with Crippen molar-refractivity contribution in [3.63, 3.8) is 0 Å². The minimum atomic E-state index is -0.0665. The van der Waals surface area contributed by atoms with Gasteiger partial charge in [0.1, 0.15) is 5.69 Å². The number of amides is 1. The number of para-hydroxylation sites is 3. The van der Waals surface area contributed by atoms with E-state index in [0.29, 0.717) is 5.69 Å². The molecule has 0 spiro atoms. The van der Waals surface area contributed by atoms with Gasteiger partial charge in [-0.1, -0.05) is 30.3 Å². The standard InChI is InChI=1S/C21H22N4O/c1-24(17-10-7-13-25(15-17)16-8-3-2-4-9-16)21(26)20-14-22-18-11-5-6-12-19(18)23-20/h2-6,8-9,11-12,14,17H,7,10,13,15H2,1H3. The monoisotopic (exact) mass is 346 g/mol. The Morgan fingerprint density at radius 1 is 1.08 bits per heavy atom. The van der Waals surface area contributed by atoms with E-state index < -0.39 is 0 Å². The van der Waals surface area contributed by atoms with Gasteiger partial charge in [0.25, 0.3) is 5.91 Å². The van der Waals surface area contributed by atoms with Crippen LogP contribution in [0.2, 0.25) is 0 Å². The van der Waals surface area contributed by atoms with Crippen LogP contribution in [-0.2, 0) is 0 Å². The average molecular weight is 346 g/mol. The van der Waals surface area contributed by atoms with Gasteiger partial charge in [-0.15, -0.1) is 0 Å². The third kappa shape index (κ3) is 3.25. The number of benzene rings is 2. The van der Waals surface area contributed by atoms with Crippen LogP contribution in [0.25, 0.3) is 11.0 Å². The van der Waals surface area contributed by atoms with Gasteiger partial charge < -0.3 is 9.80 Å². The quantitative estimate of drug-likeness (QED) is 0.730. The summed E-state index contributed by atoms with van der Waals surface area (Å²) in [6.07, 6.45) is 3.66. The summed E-state index contributed by atoms with van der Waals surface area (Å²) in [5.74, 6) is -0.0665. The summed E-state index contributed by atoms with van der Waals surface area (Å²) >= 11 is 0. The fourth-order valence-corrected chi connectivity index (χ4v) is 3.55. The van der Waals surface area contributed by atoms with E-state index in [-0.39, 0.29) is 11.9 Å². The number of likely N-dealkylation sites (N-methyl/N-ethyl adjacent to an activating group) is 1. The van der Waals surface area contributed by atoms with Crippen LogP contribution in [0, 0.1) is 0 Å². The van der Waals surface area contributed by atoms with Crippen molar-refractivity contribution in [2.24, 2.45) is 0 Å². The van der Waals surface area contributed by atoms with Crippen LogP contribution < -0.4 is 4.90 Å². The number of hydrogen-bond donors (Lipinski definition) is 0. The Morgan fingerprint density at radius 3 is 2.62 bits per heavy atom. The molecule has 3 aromatic rings. The van der Waals surface area contributed by atoms with Crippen molar-refractivity contribution in [3.8, 4) is 0 Å². The first-order valence-corrected chi connectivity index (χ1v) is 9.01. The molecule has 1 atom stereocenters. The number of carbonyl (C=O) groups is 1. The van der Waals surface area contributed by atoms with Gasteiger partial charge in [-0.25, -0.2) is 4.98 Å². The van der Waals surface area contributed by atoms with E-state index in [0.717, 1.165) is 37.0 Å². The highest BCUT2D eigenvalue weighted by molar-refractivity contribution is 5.93. The molecule has 2 aromatic carbocycles. The van der Waals surface area contributed by atoms with Crippen LogP contribution in [0.4, 0.5) is 5.69 Å². The maximum Gasteiger partial charge on any atom is 0.274 e. The van der Waals surface area contributed by atoms with E-state index in [2.05, 4.69) is 39.1 Å². The molecular weight excluding hydrogens is 324 g/mol. The molecule has 1 aliphatic rings. The van der Waals surface area contributed by atoms with Gasteiger partial charge in [-0.3, -0.25) is 9.78 Å². The maximum absolute atomic E-state index is 12.9. The number of nitrogens with zero attached hydrogens (tertiary/aromatic N) is 4. The van der Waals surface area contributed by atoms with Gasteiger partial charge in [0.15, 0.2) is 0 Å². The molecule has 0 saturated carbocycles. The predicted octanol–water partition coefficient (Wildman–Crippen LogP) is 3.37.